The average Bonchev–Trinajstić information content (AvgIpc) is 2.67. The molecule has 0 aromatic carbocycles. The Morgan fingerprint density at radius 2 is 2.47 bits per heavy atom. The van der Waals surface area contributed by atoms with E-state index in [4.69, 9.17) is 15.2 Å². The van der Waals surface area contributed by atoms with Crippen molar-refractivity contribution in [3.05, 3.63) is 17.5 Å². The fraction of sp³-hybridized carbons (Fsp3) is 0.750. The highest BCUT2D eigenvalue weighted by Gasteiger charge is 2.32. The molecule has 1 saturated heterocycles. The summed E-state index contributed by atoms with van der Waals surface area (Å²) in [4.78, 5) is 0. The second-order valence-electron chi connectivity index (χ2n) is 4.73. The minimum absolute atomic E-state index is 0.309. The van der Waals surface area contributed by atoms with Crippen molar-refractivity contribution in [2.45, 2.75) is 32.0 Å². The summed E-state index contributed by atoms with van der Waals surface area (Å²) in [6.07, 6.45) is 1.99. The van der Waals surface area contributed by atoms with Gasteiger partial charge in [0.2, 0.25) is 0 Å². The maximum Gasteiger partial charge on any atom is 0.104 e. The Morgan fingerprint density at radius 3 is 3.00 bits per heavy atom. The number of hydrogen-bond acceptors (Lipinski definition) is 4. The van der Waals surface area contributed by atoms with E-state index in [2.05, 4.69) is 5.10 Å². The predicted octanol–water partition coefficient (Wildman–Crippen LogP) is 0.753. The third kappa shape index (κ3) is 2.86. The molecule has 1 unspecified atom stereocenters. The third-order valence-electron chi connectivity index (χ3n) is 3.28. The van der Waals surface area contributed by atoms with Crippen LogP contribution in [0.1, 0.15) is 24.2 Å². The number of aromatic nitrogens is 2. The standard InChI is InChI=1S/C12H21N3O2/c1-10-6-11(15(2)14-10)7-17-12(8-13)4-3-5-16-9-12/h6H,3-5,7-9,13H2,1-2H3. The van der Waals surface area contributed by atoms with Crippen molar-refractivity contribution in [3.63, 3.8) is 0 Å². The molecule has 96 valence electrons. The number of nitrogens with zero attached hydrogens (tertiary/aromatic N) is 2. The molecule has 0 bridgehead atoms. The summed E-state index contributed by atoms with van der Waals surface area (Å²) in [6.45, 7) is 4.43. The molecule has 1 aromatic rings. The molecule has 1 atom stereocenters. The molecule has 5 heteroatoms. The highest BCUT2D eigenvalue weighted by Crippen LogP contribution is 2.23. The van der Waals surface area contributed by atoms with E-state index in [-0.39, 0.29) is 5.60 Å². The Bertz CT molecular complexity index is 370. The zero-order valence-corrected chi connectivity index (χ0v) is 10.6. The van der Waals surface area contributed by atoms with E-state index in [0.29, 0.717) is 19.8 Å². The molecular formula is C12H21N3O2. The maximum atomic E-state index is 5.99. The van der Waals surface area contributed by atoms with Gasteiger partial charge in [0.05, 0.1) is 24.6 Å². The van der Waals surface area contributed by atoms with Gasteiger partial charge in [0.15, 0.2) is 0 Å². The zero-order valence-electron chi connectivity index (χ0n) is 10.6. The lowest BCUT2D eigenvalue weighted by Gasteiger charge is -2.35. The van der Waals surface area contributed by atoms with E-state index in [9.17, 15) is 0 Å². The Labute approximate surface area is 102 Å². The van der Waals surface area contributed by atoms with Gasteiger partial charge in [0.25, 0.3) is 0 Å². The van der Waals surface area contributed by atoms with Crippen LogP contribution in [0, 0.1) is 6.92 Å². The second-order valence-corrected chi connectivity index (χ2v) is 4.73. The van der Waals surface area contributed by atoms with Crippen LogP contribution in [0.3, 0.4) is 0 Å². The number of nitrogens with two attached hydrogens (primary N) is 1. The molecule has 17 heavy (non-hydrogen) atoms. The predicted molar refractivity (Wildman–Crippen MR) is 64.6 cm³/mol. The van der Waals surface area contributed by atoms with Crippen LogP contribution in [0.15, 0.2) is 6.07 Å². The maximum absolute atomic E-state index is 5.99. The van der Waals surface area contributed by atoms with E-state index in [0.717, 1.165) is 30.8 Å². The first-order valence-electron chi connectivity index (χ1n) is 6.06. The van der Waals surface area contributed by atoms with Crippen LogP contribution in [-0.4, -0.2) is 35.1 Å². The van der Waals surface area contributed by atoms with Crippen LogP contribution in [0.4, 0.5) is 0 Å². The second kappa shape index (κ2) is 5.16. The summed E-state index contributed by atoms with van der Waals surface area (Å²) >= 11 is 0. The largest absolute Gasteiger partial charge is 0.378 e. The summed E-state index contributed by atoms with van der Waals surface area (Å²) in [7, 11) is 1.93. The molecule has 1 aliphatic heterocycles. The molecule has 0 amide bonds. The van der Waals surface area contributed by atoms with Crippen molar-refractivity contribution >= 4 is 0 Å². The Kier molecular flexibility index (Phi) is 3.81. The molecule has 5 nitrogen and oxygen atoms in total. The smallest absolute Gasteiger partial charge is 0.104 e. The zero-order chi connectivity index (χ0) is 12.3. The molecular weight excluding hydrogens is 218 g/mol. The fourth-order valence-corrected chi connectivity index (χ4v) is 2.19. The molecule has 2 rings (SSSR count). The Hall–Kier alpha value is -0.910. The first-order valence-corrected chi connectivity index (χ1v) is 6.06. The molecule has 0 radical (unpaired) electrons. The SMILES string of the molecule is Cc1cc(COC2(CN)CCCOC2)n(C)n1. The van der Waals surface area contributed by atoms with E-state index in [1.807, 2.05) is 24.7 Å². The molecule has 2 N–H and O–H groups in total. The number of hydrogen-bond donors (Lipinski definition) is 1. The molecule has 1 aromatic heterocycles. The first-order chi connectivity index (χ1) is 8.15. The number of ether oxygens (including phenoxy) is 2. The van der Waals surface area contributed by atoms with Crippen LogP contribution in [0.5, 0.6) is 0 Å². The molecule has 0 aliphatic carbocycles. The van der Waals surface area contributed by atoms with Gasteiger partial charge in [-0.25, -0.2) is 0 Å². The lowest BCUT2D eigenvalue weighted by molar-refractivity contribution is -0.131. The minimum atomic E-state index is -0.309. The van der Waals surface area contributed by atoms with Crippen LogP contribution in [0.25, 0.3) is 0 Å². The van der Waals surface area contributed by atoms with Crippen molar-refractivity contribution < 1.29 is 9.47 Å². The third-order valence-corrected chi connectivity index (χ3v) is 3.28. The van der Waals surface area contributed by atoms with Gasteiger partial charge >= 0.3 is 0 Å². The average molecular weight is 239 g/mol. The van der Waals surface area contributed by atoms with E-state index in [1.54, 1.807) is 0 Å². The summed E-state index contributed by atoms with van der Waals surface area (Å²) < 4.78 is 13.3. The van der Waals surface area contributed by atoms with Gasteiger partial charge in [-0.2, -0.15) is 5.10 Å². The highest BCUT2D eigenvalue weighted by atomic mass is 16.5. The van der Waals surface area contributed by atoms with Crippen LogP contribution < -0.4 is 5.73 Å². The van der Waals surface area contributed by atoms with Crippen molar-refractivity contribution in [2.24, 2.45) is 12.8 Å². The summed E-state index contributed by atoms with van der Waals surface area (Å²) in [5.41, 5.74) is 7.59. The molecule has 2 heterocycles. The summed E-state index contributed by atoms with van der Waals surface area (Å²) in [5, 5.41) is 4.30. The van der Waals surface area contributed by atoms with Gasteiger partial charge in [-0.3, -0.25) is 4.68 Å². The van der Waals surface area contributed by atoms with Gasteiger partial charge in [-0.15, -0.1) is 0 Å². The van der Waals surface area contributed by atoms with Crippen LogP contribution >= 0.6 is 0 Å². The van der Waals surface area contributed by atoms with Gasteiger partial charge in [0.1, 0.15) is 5.60 Å². The van der Waals surface area contributed by atoms with Crippen LogP contribution in [0.2, 0.25) is 0 Å². The van der Waals surface area contributed by atoms with E-state index in [1.165, 1.54) is 0 Å². The normalized spacial score (nSPS) is 25.1. The van der Waals surface area contributed by atoms with Crippen molar-refractivity contribution in [3.8, 4) is 0 Å². The lowest BCUT2D eigenvalue weighted by atomic mass is 9.96. The first kappa shape index (κ1) is 12.5. The van der Waals surface area contributed by atoms with Gasteiger partial charge < -0.3 is 15.2 Å². The summed E-state index contributed by atoms with van der Waals surface area (Å²) in [5.74, 6) is 0. The van der Waals surface area contributed by atoms with Crippen molar-refractivity contribution in [1.82, 2.24) is 9.78 Å². The van der Waals surface area contributed by atoms with Gasteiger partial charge in [-0.05, 0) is 25.8 Å². The number of aryl methyl sites for hydroxylation is 2. The van der Waals surface area contributed by atoms with Crippen LogP contribution in [-0.2, 0) is 23.1 Å². The highest BCUT2D eigenvalue weighted by molar-refractivity contribution is 5.07. The van der Waals surface area contributed by atoms with Crippen molar-refractivity contribution in [1.29, 1.82) is 0 Å². The van der Waals surface area contributed by atoms with Gasteiger partial charge in [-0.1, -0.05) is 0 Å². The Balaban J connectivity index is 1.98. The van der Waals surface area contributed by atoms with E-state index >= 15 is 0 Å². The molecule has 1 aliphatic rings. The van der Waals surface area contributed by atoms with E-state index < -0.39 is 0 Å². The molecule has 0 saturated carbocycles. The Morgan fingerprint density at radius 1 is 1.65 bits per heavy atom. The lowest BCUT2D eigenvalue weighted by Crippen LogP contribution is -2.47. The minimum Gasteiger partial charge on any atom is -0.378 e. The monoisotopic (exact) mass is 239 g/mol. The molecule has 0 spiro atoms. The van der Waals surface area contributed by atoms with Crippen molar-refractivity contribution in [2.75, 3.05) is 19.8 Å². The summed E-state index contributed by atoms with van der Waals surface area (Å²) in [6, 6.07) is 2.04. The quantitative estimate of drug-likeness (QED) is 0.842. The fourth-order valence-electron chi connectivity index (χ4n) is 2.19. The molecule has 1 fully saturated rings. The van der Waals surface area contributed by atoms with Gasteiger partial charge in [0, 0.05) is 20.2 Å². The topological polar surface area (TPSA) is 62.3 Å². The number of rotatable bonds is 4.